The summed E-state index contributed by atoms with van der Waals surface area (Å²) in [7, 11) is -8.00. The third kappa shape index (κ3) is 5.45. The van der Waals surface area contributed by atoms with Crippen molar-refractivity contribution in [3.8, 4) is 0 Å². The summed E-state index contributed by atoms with van der Waals surface area (Å²) in [4.78, 5) is -0.479. The molecule has 3 aromatic carbocycles. The van der Waals surface area contributed by atoms with Gasteiger partial charge in [0.2, 0.25) is 19.9 Å². The Morgan fingerprint density at radius 1 is 0.839 bits per heavy atom. The molecule has 10 heteroatoms. The van der Waals surface area contributed by atoms with E-state index in [9.17, 15) is 21.2 Å². The van der Waals surface area contributed by atoms with E-state index in [0.29, 0.717) is 22.0 Å². The molecular weight excluding hydrogens is 484 g/mol. The van der Waals surface area contributed by atoms with Gasteiger partial charge in [-0.3, -0.25) is 0 Å². The lowest BCUT2D eigenvalue weighted by molar-refractivity contribution is 0.580. The zero-order valence-electron chi connectivity index (χ0n) is 16.3. The van der Waals surface area contributed by atoms with E-state index in [4.69, 9.17) is 23.2 Å². The van der Waals surface area contributed by atoms with E-state index < -0.39 is 25.7 Å². The van der Waals surface area contributed by atoms with Crippen LogP contribution in [-0.4, -0.2) is 23.4 Å². The molecular formula is C21H18Cl2FNO4S2. The van der Waals surface area contributed by atoms with Crippen LogP contribution in [-0.2, 0) is 26.3 Å². The molecule has 0 heterocycles. The smallest absolute Gasteiger partial charge is 0.219 e. The van der Waals surface area contributed by atoms with E-state index in [1.807, 2.05) is 0 Å². The number of aryl methyl sites for hydroxylation is 1. The first-order valence-corrected chi connectivity index (χ1v) is 12.8. The minimum absolute atomic E-state index is 0.0780. The zero-order valence-corrected chi connectivity index (χ0v) is 19.4. The SMILES string of the molecule is Cc1ccc(S(=O)(=O)c2ccc(F)cc2)cc1S(=O)(=O)NCCc1ccc(Cl)c(Cl)c1. The van der Waals surface area contributed by atoms with Crippen LogP contribution >= 0.6 is 23.2 Å². The van der Waals surface area contributed by atoms with Gasteiger partial charge in [0.1, 0.15) is 5.82 Å². The van der Waals surface area contributed by atoms with Gasteiger partial charge in [-0.25, -0.2) is 25.9 Å². The third-order valence-electron chi connectivity index (χ3n) is 4.57. The van der Waals surface area contributed by atoms with E-state index in [2.05, 4.69) is 4.72 Å². The van der Waals surface area contributed by atoms with E-state index in [1.54, 1.807) is 25.1 Å². The average Bonchev–Trinajstić information content (AvgIpc) is 2.71. The molecule has 31 heavy (non-hydrogen) atoms. The van der Waals surface area contributed by atoms with Gasteiger partial charge < -0.3 is 0 Å². The Balaban J connectivity index is 1.84. The molecule has 3 aromatic rings. The Hall–Kier alpha value is -1.97. The minimum Gasteiger partial charge on any atom is -0.219 e. The first-order valence-electron chi connectivity index (χ1n) is 9.05. The van der Waals surface area contributed by atoms with Crippen LogP contribution in [0.4, 0.5) is 4.39 Å². The molecule has 0 aliphatic heterocycles. The van der Waals surface area contributed by atoms with Gasteiger partial charge in [0.15, 0.2) is 0 Å². The second-order valence-corrected chi connectivity index (χ2v) is 11.3. The molecule has 0 spiro atoms. The van der Waals surface area contributed by atoms with Gasteiger partial charge >= 0.3 is 0 Å². The number of benzene rings is 3. The highest BCUT2D eigenvalue weighted by Crippen LogP contribution is 2.26. The number of nitrogens with one attached hydrogen (secondary N) is 1. The normalized spacial score (nSPS) is 12.1. The highest BCUT2D eigenvalue weighted by atomic mass is 35.5. The molecule has 0 saturated carbocycles. The summed E-state index contributed by atoms with van der Waals surface area (Å²) in [6.45, 7) is 1.65. The maximum Gasteiger partial charge on any atom is 0.240 e. The number of sulfone groups is 1. The summed E-state index contributed by atoms with van der Waals surface area (Å²) in [6.07, 6.45) is 0.364. The van der Waals surface area contributed by atoms with Crippen LogP contribution in [0.3, 0.4) is 0 Å². The van der Waals surface area contributed by atoms with Crippen molar-refractivity contribution in [3.63, 3.8) is 0 Å². The standard InChI is InChI=1S/C21H18Cl2FNO4S2/c1-14-2-6-18(30(26,27)17-7-4-16(24)5-8-17)13-21(14)31(28,29)25-11-10-15-3-9-19(22)20(23)12-15/h2-9,12-13,25H,10-11H2,1H3. The second-order valence-electron chi connectivity index (χ2n) is 6.78. The Kier molecular flexibility index (Phi) is 7.08. The van der Waals surface area contributed by atoms with Crippen molar-refractivity contribution in [2.45, 2.75) is 28.0 Å². The molecule has 1 N–H and O–H groups in total. The lowest BCUT2D eigenvalue weighted by atomic mass is 10.1. The molecule has 0 aromatic heterocycles. The topological polar surface area (TPSA) is 80.3 Å². The lowest BCUT2D eigenvalue weighted by Crippen LogP contribution is -2.27. The van der Waals surface area contributed by atoms with Crippen LogP contribution in [0.5, 0.6) is 0 Å². The average molecular weight is 502 g/mol. The highest BCUT2D eigenvalue weighted by molar-refractivity contribution is 7.91. The van der Waals surface area contributed by atoms with Crippen LogP contribution in [0.2, 0.25) is 10.0 Å². The monoisotopic (exact) mass is 501 g/mol. The minimum atomic E-state index is -4.01. The fourth-order valence-electron chi connectivity index (χ4n) is 2.89. The fourth-order valence-corrected chi connectivity index (χ4v) is 5.87. The second kappa shape index (κ2) is 9.26. The van der Waals surface area contributed by atoms with Gasteiger partial charge in [-0.2, -0.15) is 0 Å². The van der Waals surface area contributed by atoms with Gasteiger partial charge in [0.25, 0.3) is 0 Å². The highest BCUT2D eigenvalue weighted by Gasteiger charge is 2.23. The predicted octanol–water partition coefficient (Wildman–Crippen LogP) is 4.79. The van der Waals surface area contributed by atoms with Gasteiger partial charge in [-0.1, -0.05) is 35.3 Å². The molecule has 0 atom stereocenters. The molecule has 0 unspecified atom stereocenters. The van der Waals surface area contributed by atoms with Crippen molar-refractivity contribution in [1.29, 1.82) is 0 Å². The first kappa shape index (κ1) is 23.7. The Bertz CT molecular complexity index is 1330. The number of hydrogen-bond acceptors (Lipinski definition) is 4. The van der Waals surface area contributed by atoms with Crippen LogP contribution in [0.1, 0.15) is 11.1 Å². The molecule has 164 valence electrons. The molecule has 3 rings (SSSR count). The molecule has 0 aliphatic rings. The Morgan fingerprint density at radius 2 is 1.48 bits per heavy atom. The van der Waals surface area contributed by atoms with Gasteiger partial charge in [-0.05, 0) is 73.0 Å². The summed E-state index contributed by atoms with van der Waals surface area (Å²) in [5, 5.41) is 0.775. The van der Waals surface area contributed by atoms with E-state index >= 15 is 0 Å². The number of rotatable bonds is 7. The third-order valence-corrected chi connectivity index (χ3v) is 8.68. The van der Waals surface area contributed by atoms with Crippen LogP contribution < -0.4 is 4.72 Å². The summed E-state index contributed by atoms with van der Waals surface area (Å²) in [5.74, 6) is -0.572. The molecule has 0 amide bonds. The maximum atomic E-state index is 13.1. The van der Waals surface area contributed by atoms with Gasteiger partial charge in [-0.15, -0.1) is 0 Å². The summed E-state index contributed by atoms with van der Waals surface area (Å²) < 4.78 is 66.9. The maximum absolute atomic E-state index is 13.1. The van der Waals surface area contributed by atoms with Crippen molar-refractivity contribution in [1.82, 2.24) is 4.72 Å². The number of halogens is 3. The number of sulfonamides is 1. The van der Waals surface area contributed by atoms with Crippen LogP contribution in [0.25, 0.3) is 0 Å². The molecule has 5 nitrogen and oxygen atoms in total. The quantitative estimate of drug-likeness (QED) is 0.471. The van der Waals surface area contributed by atoms with Crippen LogP contribution in [0, 0.1) is 12.7 Å². The molecule has 0 fully saturated rings. The van der Waals surface area contributed by atoms with Crippen molar-refractivity contribution in [2.75, 3.05) is 6.54 Å². The molecule has 0 aliphatic carbocycles. The molecule has 0 saturated heterocycles. The van der Waals surface area contributed by atoms with Crippen molar-refractivity contribution in [2.24, 2.45) is 0 Å². The summed E-state index contributed by atoms with van der Waals surface area (Å²) in [6, 6.07) is 13.2. The summed E-state index contributed by atoms with van der Waals surface area (Å²) >= 11 is 11.8. The molecule has 0 bridgehead atoms. The number of hydrogen-bond donors (Lipinski definition) is 1. The first-order chi connectivity index (χ1) is 14.5. The Labute approximate surface area is 190 Å². The lowest BCUT2D eigenvalue weighted by Gasteiger charge is -2.12. The predicted molar refractivity (Wildman–Crippen MR) is 118 cm³/mol. The largest absolute Gasteiger partial charge is 0.240 e. The zero-order chi connectivity index (χ0) is 22.8. The van der Waals surface area contributed by atoms with Crippen molar-refractivity contribution < 1.29 is 21.2 Å². The van der Waals surface area contributed by atoms with Crippen molar-refractivity contribution in [3.05, 3.63) is 87.7 Å². The van der Waals surface area contributed by atoms with Crippen LogP contribution in [0.15, 0.2) is 75.4 Å². The Morgan fingerprint density at radius 3 is 2.13 bits per heavy atom. The van der Waals surface area contributed by atoms with E-state index in [0.717, 1.165) is 35.9 Å². The molecule has 0 radical (unpaired) electrons. The van der Waals surface area contributed by atoms with E-state index in [1.165, 1.54) is 12.1 Å². The van der Waals surface area contributed by atoms with Gasteiger partial charge in [0.05, 0.1) is 24.7 Å². The fraction of sp³-hybridized carbons (Fsp3) is 0.143. The van der Waals surface area contributed by atoms with E-state index in [-0.39, 0.29) is 21.2 Å². The van der Waals surface area contributed by atoms with Gasteiger partial charge in [0, 0.05) is 6.54 Å². The van der Waals surface area contributed by atoms with Crippen molar-refractivity contribution >= 4 is 43.1 Å². The summed E-state index contributed by atoms with van der Waals surface area (Å²) in [5.41, 5.74) is 1.18.